The van der Waals surface area contributed by atoms with Crippen molar-refractivity contribution in [3.05, 3.63) is 18.2 Å². The summed E-state index contributed by atoms with van der Waals surface area (Å²) < 4.78 is 30.9. The fourth-order valence-corrected chi connectivity index (χ4v) is 2.88. The number of hydrogen-bond acceptors (Lipinski definition) is 4. The molecule has 1 rings (SSSR count). The maximum absolute atomic E-state index is 11.7. The van der Waals surface area contributed by atoms with Gasteiger partial charge >= 0.3 is 0 Å². The van der Waals surface area contributed by atoms with Gasteiger partial charge in [0.25, 0.3) is 0 Å². The van der Waals surface area contributed by atoms with Gasteiger partial charge in [-0.2, -0.15) is 0 Å². The number of nitrogens with one attached hydrogen (secondary N) is 1. The van der Waals surface area contributed by atoms with Crippen LogP contribution in [-0.2, 0) is 10.0 Å². The maximum Gasteiger partial charge on any atom is 0.232 e. The minimum Gasteiger partial charge on any atom is -0.495 e. The van der Waals surface area contributed by atoms with Gasteiger partial charge in [-0.15, -0.1) is 0 Å². The van der Waals surface area contributed by atoms with Crippen LogP contribution in [0.1, 0.15) is 13.8 Å². The van der Waals surface area contributed by atoms with E-state index < -0.39 is 10.0 Å². The summed E-state index contributed by atoms with van der Waals surface area (Å²) in [5.41, 5.74) is 6.57. The Hall–Kier alpha value is -1.43. The van der Waals surface area contributed by atoms with Crippen LogP contribution in [0.5, 0.6) is 5.75 Å². The number of nitrogen functional groups attached to an aromatic ring is 1. The fourth-order valence-electron chi connectivity index (χ4n) is 1.43. The number of nitrogens with two attached hydrogens (primary N) is 1. The Labute approximate surface area is 102 Å². The lowest BCUT2D eigenvalue weighted by molar-refractivity contribution is 0.417. The van der Waals surface area contributed by atoms with E-state index in [0.29, 0.717) is 17.1 Å². The Kier molecular flexibility index (Phi) is 4.22. The molecule has 0 aliphatic rings. The first-order chi connectivity index (χ1) is 7.84. The molecule has 0 saturated heterocycles. The third-order valence-electron chi connectivity index (χ3n) is 2.06. The van der Waals surface area contributed by atoms with Crippen molar-refractivity contribution in [1.29, 1.82) is 0 Å². The Bertz CT molecular complexity index is 483. The molecule has 3 N–H and O–H groups in total. The molecule has 0 radical (unpaired) electrons. The highest BCUT2D eigenvalue weighted by atomic mass is 32.2. The monoisotopic (exact) mass is 258 g/mol. The number of sulfonamides is 1. The second-order valence-corrected chi connectivity index (χ2v) is 6.00. The second-order valence-electron chi connectivity index (χ2n) is 4.23. The fraction of sp³-hybridized carbons (Fsp3) is 0.455. The van der Waals surface area contributed by atoms with Crippen LogP contribution < -0.4 is 15.2 Å². The van der Waals surface area contributed by atoms with Crippen LogP contribution in [0.3, 0.4) is 0 Å². The highest BCUT2D eigenvalue weighted by Crippen LogP contribution is 2.25. The lowest BCUT2D eigenvalue weighted by Crippen LogP contribution is -2.20. The number of methoxy groups -OCH3 is 1. The van der Waals surface area contributed by atoms with E-state index in [9.17, 15) is 8.42 Å². The molecule has 1 aromatic carbocycles. The van der Waals surface area contributed by atoms with Gasteiger partial charge in [0.15, 0.2) is 0 Å². The van der Waals surface area contributed by atoms with Crippen molar-refractivity contribution in [2.75, 3.05) is 23.3 Å². The van der Waals surface area contributed by atoms with Crippen molar-refractivity contribution in [3.63, 3.8) is 0 Å². The first-order valence-electron chi connectivity index (χ1n) is 5.28. The van der Waals surface area contributed by atoms with Crippen molar-refractivity contribution in [1.82, 2.24) is 0 Å². The first-order valence-corrected chi connectivity index (χ1v) is 6.93. The smallest absolute Gasteiger partial charge is 0.232 e. The van der Waals surface area contributed by atoms with Gasteiger partial charge in [0.1, 0.15) is 5.75 Å². The third-order valence-corrected chi connectivity index (χ3v) is 3.71. The quantitative estimate of drug-likeness (QED) is 0.787. The molecule has 17 heavy (non-hydrogen) atoms. The van der Waals surface area contributed by atoms with Gasteiger partial charge in [-0.25, -0.2) is 8.42 Å². The van der Waals surface area contributed by atoms with Crippen molar-refractivity contribution in [2.24, 2.45) is 5.92 Å². The van der Waals surface area contributed by atoms with Gasteiger partial charge in [-0.1, -0.05) is 13.8 Å². The van der Waals surface area contributed by atoms with E-state index >= 15 is 0 Å². The van der Waals surface area contributed by atoms with Gasteiger partial charge in [-0.3, -0.25) is 4.72 Å². The largest absolute Gasteiger partial charge is 0.495 e. The summed E-state index contributed by atoms with van der Waals surface area (Å²) >= 11 is 0. The maximum atomic E-state index is 11.7. The van der Waals surface area contributed by atoms with Gasteiger partial charge in [-0.05, 0) is 18.1 Å². The lowest BCUT2D eigenvalue weighted by Gasteiger charge is -2.11. The molecule has 1 aromatic rings. The Balaban J connectivity index is 2.89. The van der Waals surface area contributed by atoms with E-state index in [1.54, 1.807) is 18.2 Å². The summed E-state index contributed by atoms with van der Waals surface area (Å²) in [6.07, 6.45) is 0. The summed E-state index contributed by atoms with van der Waals surface area (Å²) in [5, 5.41) is 0. The second kappa shape index (κ2) is 5.27. The van der Waals surface area contributed by atoms with E-state index in [1.807, 2.05) is 13.8 Å². The van der Waals surface area contributed by atoms with Crippen molar-refractivity contribution < 1.29 is 13.2 Å². The number of rotatable bonds is 5. The van der Waals surface area contributed by atoms with E-state index in [2.05, 4.69) is 4.72 Å². The molecule has 5 nitrogen and oxygen atoms in total. The standard InChI is InChI=1S/C11H18N2O3S/c1-8(2)7-17(14,15)13-9-4-5-10(12)11(6-9)16-3/h4-6,8,13H,7,12H2,1-3H3. The van der Waals surface area contributed by atoms with Crippen molar-refractivity contribution in [3.8, 4) is 5.75 Å². The molecule has 0 spiro atoms. The molecule has 0 amide bonds. The van der Waals surface area contributed by atoms with Gasteiger partial charge in [0.2, 0.25) is 10.0 Å². The zero-order valence-corrected chi connectivity index (χ0v) is 11.0. The van der Waals surface area contributed by atoms with Crippen molar-refractivity contribution >= 4 is 21.4 Å². The number of anilines is 2. The van der Waals surface area contributed by atoms with E-state index in [1.165, 1.54) is 7.11 Å². The summed E-state index contributed by atoms with van der Waals surface area (Å²) in [5.74, 6) is 0.609. The Morgan fingerprint density at radius 1 is 1.41 bits per heavy atom. The highest BCUT2D eigenvalue weighted by molar-refractivity contribution is 7.92. The molecule has 0 atom stereocenters. The lowest BCUT2D eigenvalue weighted by atomic mass is 10.2. The Morgan fingerprint density at radius 2 is 2.06 bits per heavy atom. The summed E-state index contributed by atoms with van der Waals surface area (Å²) in [7, 11) is -1.83. The zero-order chi connectivity index (χ0) is 13.1. The zero-order valence-electron chi connectivity index (χ0n) is 10.2. The predicted molar refractivity (Wildman–Crippen MR) is 69.7 cm³/mol. The average molecular weight is 258 g/mol. The Morgan fingerprint density at radius 3 is 2.59 bits per heavy atom. The summed E-state index contributed by atoms with van der Waals surface area (Å²) in [6, 6.07) is 4.77. The summed E-state index contributed by atoms with van der Waals surface area (Å²) in [4.78, 5) is 0. The topological polar surface area (TPSA) is 81.4 Å². The third kappa shape index (κ3) is 4.14. The SMILES string of the molecule is COc1cc(NS(=O)(=O)CC(C)C)ccc1N. The first kappa shape index (κ1) is 13.6. The van der Waals surface area contributed by atoms with Gasteiger partial charge in [0.05, 0.1) is 24.2 Å². The number of ether oxygens (including phenoxy) is 1. The van der Waals surface area contributed by atoms with Crippen LogP contribution >= 0.6 is 0 Å². The molecular formula is C11H18N2O3S. The van der Waals surface area contributed by atoms with Gasteiger partial charge < -0.3 is 10.5 Å². The molecule has 0 saturated carbocycles. The average Bonchev–Trinajstić information content (AvgIpc) is 2.18. The molecule has 0 unspecified atom stereocenters. The van der Waals surface area contributed by atoms with E-state index in [4.69, 9.17) is 10.5 Å². The minimum absolute atomic E-state index is 0.0724. The molecular weight excluding hydrogens is 240 g/mol. The summed E-state index contributed by atoms with van der Waals surface area (Å²) in [6.45, 7) is 3.70. The molecule has 96 valence electrons. The van der Waals surface area contributed by atoms with Crippen LogP contribution in [-0.4, -0.2) is 21.3 Å². The van der Waals surface area contributed by atoms with Crippen molar-refractivity contribution in [2.45, 2.75) is 13.8 Å². The highest BCUT2D eigenvalue weighted by Gasteiger charge is 2.13. The van der Waals surface area contributed by atoms with Crippen LogP contribution in [0.15, 0.2) is 18.2 Å². The molecule has 0 heterocycles. The minimum atomic E-state index is -3.32. The number of benzene rings is 1. The number of hydrogen-bond donors (Lipinski definition) is 2. The van der Waals surface area contributed by atoms with E-state index in [0.717, 1.165) is 0 Å². The molecule has 0 aliphatic heterocycles. The predicted octanol–water partition coefficient (Wildman–Crippen LogP) is 1.68. The van der Waals surface area contributed by atoms with Crippen LogP contribution in [0.4, 0.5) is 11.4 Å². The molecule has 6 heteroatoms. The molecule has 0 aliphatic carbocycles. The van der Waals surface area contributed by atoms with Crippen LogP contribution in [0.25, 0.3) is 0 Å². The molecule has 0 fully saturated rings. The normalized spacial score (nSPS) is 11.5. The molecule has 0 aromatic heterocycles. The van der Waals surface area contributed by atoms with Gasteiger partial charge in [0, 0.05) is 6.07 Å². The van der Waals surface area contributed by atoms with E-state index in [-0.39, 0.29) is 11.7 Å². The van der Waals surface area contributed by atoms with Crippen LogP contribution in [0.2, 0.25) is 0 Å². The molecule has 0 bridgehead atoms. The van der Waals surface area contributed by atoms with Crippen LogP contribution in [0, 0.1) is 5.92 Å².